The minimum atomic E-state index is -4.81. The van der Waals surface area contributed by atoms with Gasteiger partial charge in [-0.05, 0) is 61.9 Å². The maximum absolute atomic E-state index is 13.0. The maximum Gasteiger partial charge on any atom is 0.573 e. The van der Waals surface area contributed by atoms with Gasteiger partial charge < -0.3 is 15.0 Å². The van der Waals surface area contributed by atoms with E-state index >= 15 is 0 Å². The van der Waals surface area contributed by atoms with Crippen molar-refractivity contribution < 1.29 is 22.7 Å². The zero-order valence-corrected chi connectivity index (χ0v) is 18.9. The normalized spacial score (nSPS) is 16.0. The van der Waals surface area contributed by atoms with Crippen molar-refractivity contribution in [2.24, 2.45) is 5.92 Å². The van der Waals surface area contributed by atoms with Gasteiger partial charge in [-0.25, -0.2) is 9.97 Å². The van der Waals surface area contributed by atoms with Crippen molar-refractivity contribution in [1.29, 1.82) is 0 Å². The lowest BCUT2D eigenvalue weighted by atomic mass is 9.87. The molecule has 1 unspecified atom stereocenters. The zero-order valence-electron chi connectivity index (χ0n) is 18.1. The average Bonchev–Trinajstić information content (AvgIpc) is 3.08. The molecule has 1 atom stereocenters. The highest BCUT2D eigenvalue weighted by Gasteiger charge is 2.33. The second-order valence-corrected chi connectivity index (χ2v) is 9.27. The Bertz CT molecular complexity index is 1190. The monoisotopic (exact) mass is 464 g/mol. The van der Waals surface area contributed by atoms with Gasteiger partial charge in [0.25, 0.3) is 0 Å². The molecule has 0 saturated heterocycles. The van der Waals surface area contributed by atoms with Crippen LogP contribution in [0.4, 0.5) is 24.7 Å². The van der Waals surface area contributed by atoms with Gasteiger partial charge in [-0.3, -0.25) is 4.79 Å². The van der Waals surface area contributed by atoms with Gasteiger partial charge in [-0.15, -0.1) is 24.5 Å². The molecule has 32 heavy (non-hydrogen) atoms. The lowest BCUT2D eigenvalue weighted by molar-refractivity contribution is -0.274. The molecule has 0 radical (unpaired) electrons. The number of hydrogen-bond acceptors (Lipinski definition) is 6. The molecule has 10 heteroatoms. The first-order valence-corrected chi connectivity index (χ1v) is 11.0. The molecule has 1 aliphatic carbocycles. The fourth-order valence-electron chi connectivity index (χ4n) is 4.01. The van der Waals surface area contributed by atoms with Crippen LogP contribution in [-0.4, -0.2) is 41.2 Å². The Hall–Kier alpha value is -2.88. The van der Waals surface area contributed by atoms with Crippen molar-refractivity contribution >= 4 is 39.0 Å². The molecule has 2 heterocycles. The van der Waals surface area contributed by atoms with Crippen LogP contribution in [0.1, 0.15) is 28.0 Å². The summed E-state index contributed by atoms with van der Waals surface area (Å²) in [6.07, 6.45) is -1.41. The standard InChI is InChI=1S/C22H23F3N4O2S/c1-11-7-15(16(8-12(11)2)31-22(23,24)25)28-19-18-14-6-5-13(21(30)29(3)4)9-17(14)32-20(18)27-10-26-19/h7-8,10,13H,5-6,9H2,1-4H3,(H,26,27,28). The summed E-state index contributed by atoms with van der Waals surface area (Å²) in [6.45, 7) is 3.55. The number of alkyl halides is 3. The molecule has 0 saturated carbocycles. The molecule has 0 aliphatic heterocycles. The number of thiophene rings is 1. The molecule has 170 valence electrons. The molecule has 1 aromatic carbocycles. The Balaban J connectivity index is 1.73. The van der Waals surface area contributed by atoms with Gasteiger partial charge in [-0.2, -0.15) is 0 Å². The summed E-state index contributed by atoms with van der Waals surface area (Å²) in [5.41, 5.74) is 2.75. The van der Waals surface area contributed by atoms with Gasteiger partial charge >= 0.3 is 6.36 Å². The number of halogens is 3. The molecule has 1 aliphatic rings. The summed E-state index contributed by atoms with van der Waals surface area (Å²) in [4.78, 5) is 24.5. The van der Waals surface area contributed by atoms with Crippen LogP contribution in [0.2, 0.25) is 0 Å². The molecular formula is C22H23F3N4O2S. The molecule has 0 bridgehead atoms. The third kappa shape index (κ3) is 4.36. The predicted octanol–water partition coefficient (Wildman–Crippen LogP) is 5.14. The summed E-state index contributed by atoms with van der Waals surface area (Å²) in [5.74, 6) is 0.136. The third-order valence-corrected chi connectivity index (χ3v) is 6.87. The number of nitrogens with zero attached hydrogens (tertiary/aromatic N) is 3. The van der Waals surface area contributed by atoms with Gasteiger partial charge in [-0.1, -0.05) is 0 Å². The largest absolute Gasteiger partial charge is 0.573 e. The maximum atomic E-state index is 13.0. The number of aryl methyl sites for hydroxylation is 3. The Morgan fingerprint density at radius 1 is 1.22 bits per heavy atom. The van der Waals surface area contributed by atoms with Crippen LogP contribution in [0.5, 0.6) is 5.75 Å². The van der Waals surface area contributed by atoms with Gasteiger partial charge in [0.1, 0.15) is 17.0 Å². The Morgan fingerprint density at radius 2 is 1.94 bits per heavy atom. The highest BCUT2D eigenvalue weighted by atomic mass is 32.1. The number of benzene rings is 1. The smallest absolute Gasteiger partial charge is 0.404 e. The van der Waals surface area contributed by atoms with E-state index in [-0.39, 0.29) is 23.3 Å². The minimum Gasteiger partial charge on any atom is -0.404 e. The average molecular weight is 465 g/mol. The topological polar surface area (TPSA) is 67.4 Å². The van der Waals surface area contributed by atoms with Crippen molar-refractivity contribution in [2.75, 3.05) is 19.4 Å². The van der Waals surface area contributed by atoms with E-state index in [9.17, 15) is 18.0 Å². The van der Waals surface area contributed by atoms with E-state index in [1.807, 2.05) is 6.92 Å². The molecule has 1 amide bonds. The number of aromatic nitrogens is 2. The molecule has 0 fully saturated rings. The van der Waals surface area contributed by atoms with Gasteiger partial charge in [0.2, 0.25) is 5.91 Å². The number of carbonyl (C=O) groups is 1. The van der Waals surface area contributed by atoms with E-state index in [1.165, 1.54) is 23.7 Å². The van der Waals surface area contributed by atoms with E-state index < -0.39 is 6.36 Å². The second-order valence-electron chi connectivity index (χ2n) is 8.18. The highest BCUT2D eigenvalue weighted by molar-refractivity contribution is 7.19. The number of rotatable bonds is 4. The fraction of sp³-hybridized carbons (Fsp3) is 0.409. The van der Waals surface area contributed by atoms with Gasteiger partial charge in [0, 0.05) is 24.9 Å². The van der Waals surface area contributed by atoms with Crippen LogP contribution >= 0.6 is 11.3 Å². The molecule has 2 aromatic heterocycles. The van der Waals surface area contributed by atoms with E-state index in [0.717, 1.165) is 26.2 Å². The predicted molar refractivity (Wildman–Crippen MR) is 118 cm³/mol. The van der Waals surface area contributed by atoms with Crippen LogP contribution < -0.4 is 10.1 Å². The van der Waals surface area contributed by atoms with Crippen LogP contribution in [0.25, 0.3) is 10.2 Å². The number of amides is 1. The summed E-state index contributed by atoms with van der Waals surface area (Å²) in [6, 6.07) is 2.99. The second kappa shape index (κ2) is 8.23. The van der Waals surface area contributed by atoms with Crippen molar-refractivity contribution in [2.45, 2.75) is 39.5 Å². The van der Waals surface area contributed by atoms with Crippen LogP contribution in [0.3, 0.4) is 0 Å². The summed E-state index contributed by atoms with van der Waals surface area (Å²) in [7, 11) is 3.50. The van der Waals surface area contributed by atoms with Crippen molar-refractivity contribution in [3.8, 4) is 5.75 Å². The zero-order chi connectivity index (χ0) is 23.2. The first-order chi connectivity index (χ1) is 15.0. The molecule has 6 nitrogen and oxygen atoms in total. The first-order valence-electron chi connectivity index (χ1n) is 10.1. The number of fused-ring (bicyclic) bond motifs is 3. The quantitative estimate of drug-likeness (QED) is 0.579. The lowest BCUT2D eigenvalue weighted by Gasteiger charge is -2.24. The minimum absolute atomic E-state index is 0.0820. The molecule has 1 N–H and O–H groups in total. The number of carbonyl (C=O) groups excluding carboxylic acids is 1. The molecule has 3 aromatic rings. The lowest BCUT2D eigenvalue weighted by Crippen LogP contribution is -2.32. The van der Waals surface area contributed by atoms with Crippen molar-refractivity contribution in [3.05, 3.63) is 40.0 Å². The van der Waals surface area contributed by atoms with E-state index in [4.69, 9.17) is 0 Å². The van der Waals surface area contributed by atoms with E-state index in [1.54, 1.807) is 32.0 Å². The van der Waals surface area contributed by atoms with Gasteiger partial charge in [0.05, 0.1) is 11.1 Å². The molecule has 0 spiro atoms. The number of anilines is 2. The Labute approximate surface area is 187 Å². The number of ether oxygens (including phenoxy) is 1. The molecular weight excluding hydrogens is 441 g/mol. The van der Waals surface area contributed by atoms with Crippen LogP contribution in [0.15, 0.2) is 18.5 Å². The highest BCUT2D eigenvalue weighted by Crippen LogP contribution is 2.42. The van der Waals surface area contributed by atoms with Gasteiger partial charge in [0.15, 0.2) is 5.75 Å². The number of nitrogens with one attached hydrogen (secondary N) is 1. The van der Waals surface area contributed by atoms with Crippen molar-refractivity contribution in [3.63, 3.8) is 0 Å². The third-order valence-electron chi connectivity index (χ3n) is 5.71. The van der Waals surface area contributed by atoms with E-state index in [0.29, 0.717) is 30.6 Å². The summed E-state index contributed by atoms with van der Waals surface area (Å²) >= 11 is 1.50. The fourth-order valence-corrected chi connectivity index (χ4v) is 5.27. The Kier molecular flexibility index (Phi) is 5.74. The Morgan fingerprint density at radius 3 is 2.62 bits per heavy atom. The first kappa shape index (κ1) is 22.3. The summed E-state index contributed by atoms with van der Waals surface area (Å²) < 4.78 is 43.2. The number of hydrogen-bond donors (Lipinski definition) is 1. The van der Waals surface area contributed by atoms with Crippen molar-refractivity contribution in [1.82, 2.24) is 14.9 Å². The van der Waals surface area contributed by atoms with Crippen LogP contribution in [0, 0.1) is 19.8 Å². The molecule has 4 rings (SSSR count). The van der Waals surface area contributed by atoms with E-state index in [2.05, 4.69) is 20.0 Å². The SMILES string of the molecule is Cc1cc(Nc2ncnc3sc4c(c23)CCC(C(=O)N(C)C)C4)c(OC(F)(F)F)cc1C. The summed E-state index contributed by atoms with van der Waals surface area (Å²) in [5, 5.41) is 3.84. The van der Waals surface area contributed by atoms with Crippen LogP contribution in [-0.2, 0) is 17.6 Å².